The first kappa shape index (κ1) is 13.4. The van der Waals surface area contributed by atoms with Crippen molar-refractivity contribution in [3.63, 3.8) is 0 Å². The predicted octanol–water partition coefficient (Wildman–Crippen LogP) is 1.74. The zero-order valence-corrected chi connectivity index (χ0v) is 11.3. The van der Waals surface area contributed by atoms with Gasteiger partial charge in [-0.3, -0.25) is 9.59 Å². The van der Waals surface area contributed by atoms with E-state index in [1.54, 1.807) is 0 Å². The third-order valence-electron chi connectivity index (χ3n) is 4.13. The van der Waals surface area contributed by atoms with Crippen LogP contribution in [0.4, 0.5) is 0 Å². The maximum Gasteiger partial charge on any atom is 0.235 e. The van der Waals surface area contributed by atoms with Crippen molar-refractivity contribution in [2.45, 2.75) is 64.3 Å². The molecule has 0 heterocycles. The van der Waals surface area contributed by atoms with Crippen LogP contribution >= 0.6 is 0 Å². The Hall–Kier alpha value is -1.06. The summed E-state index contributed by atoms with van der Waals surface area (Å²) in [7, 11) is 0. The van der Waals surface area contributed by atoms with Crippen LogP contribution in [0.3, 0.4) is 0 Å². The van der Waals surface area contributed by atoms with Gasteiger partial charge < -0.3 is 10.6 Å². The minimum atomic E-state index is -0.726. The molecule has 2 rings (SSSR count). The summed E-state index contributed by atoms with van der Waals surface area (Å²) in [5.41, 5.74) is -0.726. The summed E-state index contributed by atoms with van der Waals surface area (Å²) in [5, 5.41) is 5.95. The predicted molar refractivity (Wildman–Crippen MR) is 70.0 cm³/mol. The van der Waals surface area contributed by atoms with Crippen molar-refractivity contribution < 1.29 is 9.59 Å². The third-order valence-corrected chi connectivity index (χ3v) is 4.13. The number of rotatable bonds is 6. The van der Waals surface area contributed by atoms with Crippen LogP contribution < -0.4 is 10.6 Å². The molecule has 4 heteroatoms. The second-order valence-electron chi connectivity index (χ2n) is 5.65. The largest absolute Gasteiger partial charge is 0.355 e. The van der Waals surface area contributed by atoms with Crippen molar-refractivity contribution in [2.75, 3.05) is 6.54 Å². The first-order valence-corrected chi connectivity index (χ1v) is 7.28. The van der Waals surface area contributed by atoms with E-state index >= 15 is 0 Å². The molecule has 2 N–H and O–H groups in total. The molecule has 18 heavy (non-hydrogen) atoms. The maximum atomic E-state index is 12.2. The van der Waals surface area contributed by atoms with Crippen molar-refractivity contribution in [3.05, 3.63) is 0 Å². The van der Waals surface area contributed by atoms with Crippen LogP contribution in [-0.2, 0) is 9.59 Å². The standard InChI is InChI=1S/C14H24N2O2/c1-2-3-10-15-12(17)14(8-9-14)13(18)16-11-6-4-5-7-11/h11H,2-10H2,1H3,(H,15,17)(H,16,18). The molecule has 102 valence electrons. The van der Waals surface area contributed by atoms with Crippen molar-refractivity contribution in [3.8, 4) is 0 Å². The molecule has 0 saturated heterocycles. The Kier molecular flexibility index (Phi) is 4.25. The minimum absolute atomic E-state index is 0.0385. The number of amides is 2. The SMILES string of the molecule is CCCCNC(=O)C1(C(=O)NC2CCCC2)CC1. The summed E-state index contributed by atoms with van der Waals surface area (Å²) in [6, 6.07) is 0.304. The molecule has 2 aliphatic rings. The van der Waals surface area contributed by atoms with E-state index in [0.29, 0.717) is 25.4 Å². The highest BCUT2D eigenvalue weighted by molar-refractivity contribution is 6.07. The quantitative estimate of drug-likeness (QED) is 0.559. The number of carbonyl (C=O) groups is 2. The van der Waals surface area contributed by atoms with Gasteiger partial charge in [0.25, 0.3) is 0 Å². The van der Waals surface area contributed by atoms with Gasteiger partial charge in [0.1, 0.15) is 5.41 Å². The molecule has 0 aliphatic heterocycles. The van der Waals surface area contributed by atoms with Gasteiger partial charge in [-0.15, -0.1) is 0 Å². The van der Waals surface area contributed by atoms with Gasteiger partial charge in [-0.25, -0.2) is 0 Å². The van der Waals surface area contributed by atoms with Crippen LogP contribution in [0.25, 0.3) is 0 Å². The summed E-state index contributed by atoms with van der Waals surface area (Å²) in [5.74, 6) is -0.102. The lowest BCUT2D eigenvalue weighted by Gasteiger charge is -2.18. The highest BCUT2D eigenvalue weighted by Crippen LogP contribution is 2.46. The molecule has 0 aromatic rings. The second kappa shape index (κ2) is 5.72. The molecule has 2 saturated carbocycles. The number of unbranched alkanes of at least 4 members (excludes halogenated alkanes) is 1. The van der Waals surface area contributed by atoms with Gasteiger partial charge in [-0.05, 0) is 32.1 Å². The lowest BCUT2D eigenvalue weighted by molar-refractivity contribution is -0.137. The van der Waals surface area contributed by atoms with E-state index in [-0.39, 0.29) is 11.8 Å². The minimum Gasteiger partial charge on any atom is -0.355 e. The highest BCUT2D eigenvalue weighted by Gasteiger charge is 2.56. The fraction of sp³-hybridized carbons (Fsp3) is 0.857. The summed E-state index contributed by atoms with van der Waals surface area (Å²) < 4.78 is 0. The Labute approximate surface area is 109 Å². The molecule has 0 bridgehead atoms. The number of hydrogen-bond acceptors (Lipinski definition) is 2. The average molecular weight is 252 g/mol. The Morgan fingerprint density at radius 1 is 1.17 bits per heavy atom. The van der Waals surface area contributed by atoms with E-state index in [4.69, 9.17) is 0 Å². The van der Waals surface area contributed by atoms with Crippen molar-refractivity contribution >= 4 is 11.8 Å². The molecular weight excluding hydrogens is 228 g/mol. The Bertz CT molecular complexity index is 318. The smallest absolute Gasteiger partial charge is 0.235 e. The monoisotopic (exact) mass is 252 g/mol. The molecule has 0 aromatic carbocycles. The van der Waals surface area contributed by atoms with Gasteiger partial charge in [-0.1, -0.05) is 26.2 Å². The molecule has 2 fully saturated rings. The number of nitrogens with one attached hydrogen (secondary N) is 2. The van der Waals surface area contributed by atoms with Crippen LogP contribution in [0.15, 0.2) is 0 Å². The van der Waals surface area contributed by atoms with E-state index in [0.717, 1.165) is 25.7 Å². The summed E-state index contributed by atoms with van der Waals surface area (Å²) in [4.78, 5) is 24.2. The highest BCUT2D eigenvalue weighted by atomic mass is 16.2. The van der Waals surface area contributed by atoms with Gasteiger partial charge in [0.2, 0.25) is 11.8 Å². The van der Waals surface area contributed by atoms with E-state index in [2.05, 4.69) is 17.6 Å². The van der Waals surface area contributed by atoms with Gasteiger partial charge in [0.15, 0.2) is 0 Å². The lowest BCUT2D eigenvalue weighted by Crippen LogP contribution is -2.46. The molecule has 2 amide bonds. The first-order chi connectivity index (χ1) is 8.69. The average Bonchev–Trinajstić information content (AvgIpc) is 3.03. The molecule has 4 nitrogen and oxygen atoms in total. The van der Waals surface area contributed by atoms with Crippen molar-refractivity contribution in [1.29, 1.82) is 0 Å². The van der Waals surface area contributed by atoms with Gasteiger partial charge >= 0.3 is 0 Å². The van der Waals surface area contributed by atoms with Crippen molar-refractivity contribution in [2.24, 2.45) is 5.41 Å². The Morgan fingerprint density at radius 2 is 1.83 bits per heavy atom. The van der Waals surface area contributed by atoms with E-state index in [9.17, 15) is 9.59 Å². The van der Waals surface area contributed by atoms with Crippen LogP contribution in [0.5, 0.6) is 0 Å². The van der Waals surface area contributed by atoms with Gasteiger partial charge in [0.05, 0.1) is 0 Å². The van der Waals surface area contributed by atoms with Crippen LogP contribution in [0.2, 0.25) is 0 Å². The van der Waals surface area contributed by atoms with Crippen LogP contribution in [0.1, 0.15) is 58.3 Å². The van der Waals surface area contributed by atoms with E-state index in [1.807, 2.05) is 0 Å². The molecule has 0 aromatic heterocycles. The molecule has 0 atom stereocenters. The number of carbonyl (C=O) groups excluding carboxylic acids is 2. The van der Waals surface area contributed by atoms with Crippen LogP contribution in [0, 0.1) is 5.41 Å². The molecule has 0 spiro atoms. The van der Waals surface area contributed by atoms with E-state index < -0.39 is 5.41 Å². The summed E-state index contributed by atoms with van der Waals surface area (Å²) in [6.45, 7) is 2.78. The lowest BCUT2D eigenvalue weighted by atomic mass is 10.0. The zero-order valence-electron chi connectivity index (χ0n) is 11.3. The Morgan fingerprint density at radius 3 is 2.39 bits per heavy atom. The first-order valence-electron chi connectivity index (χ1n) is 7.28. The molecule has 0 unspecified atom stereocenters. The molecule has 2 aliphatic carbocycles. The Balaban J connectivity index is 1.81. The number of hydrogen-bond donors (Lipinski definition) is 2. The van der Waals surface area contributed by atoms with E-state index in [1.165, 1.54) is 12.8 Å². The normalized spacial score (nSPS) is 21.6. The second-order valence-corrected chi connectivity index (χ2v) is 5.65. The zero-order chi connectivity index (χ0) is 13.0. The van der Waals surface area contributed by atoms with Crippen LogP contribution in [-0.4, -0.2) is 24.4 Å². The van der Waals surface area contributed by atoms with Crippen molar-refractivity contribution in [1.82, 2.24) is 10.6 Å². The maximum absolute atomic E-state index is 12.2. The molecular formula is C14H24N2O2. The fourth-order valence-corrected chi connectivity index (χ4v) is 2.62. The van der Waals surface area contributed by atoms with Gasteiger partial charge in [-0.2, -0.15) is 0 Å². The summed E-state index contributed by atoms with van der Waals surface area (Å²) >= 11 is 0. The molecule has 0 radical (unpaired) electrons. The topological polar surface area (TPSA) is 58.2 Å². The summed E-state index contributed by atoms with van der Waals surface area (Å²) in [6.07, 6.45) is 7.99. The van der Waals surface area contributed by atoms with Gasteiger partial charge in [0, 0.05) is 12.6 Å². The third kappa shape index (κ3) is 2.85. The fourth-order valence-electron chi connectivity index (χ4n) is 2.62.